The van der Waals surface area contributed by atoms with Crippen LogP contribution in [0.25, 0.3) is 0 Å². The lowest BCUT2D eigenvalue weighted by atomic mass is 10.1. The summed E-state index contributed by atoms with van der Waals surface area (Å²) in [6, 6.07) is 7.54. The number of carbonyl (C=O) groups is 3. The minimum atomic E-state index is -0.846. The lowest BCUT2D eigenvalue weighted by Crippen LogP contribution is -2.47. The summed E-state index contributed by atoms with van der Waals surface area (Å²) >= 11 is 0. The van der Waals surface area contributed by atoms with Gasteiger partial charge in [0.05, 0.1) is 0 Å². The van der Waals surface area contributed by atoms with Crippen LogP contribution in [0.5, 0.6) is 0 Å². The molecule has 0 unspecified atom stereocenters. The summed E-state index contributed by atoms with van der Waals surface area (Å²) in [5.74, 6) is -0.879. The van der Waals surface area contributed by atoms with Crippen molar-refractivity contribution in [1.82, 2.24) is 10.6 Å². The van der Waals surface area contributed by atoms with Crippen LogP contribution in [0.15, 0.2) is 30.3 Å². The standard InChI is InChI=1S/C18H27N3O4/c1-12(2)10-19-15(22)11-25-17(23)16(13(3)4)21-18(24)20-14-8-6-5-7-9-14/h5-9,12-13,16H,10-11H2,1-4H3,(H,19,22)(H2,20,21,24)/t16-/m1/s1. The number of para-hydroxylation sites is 1. The fraction of sp³-hybridized carbons (Fsp3) is 0.500. The van der Waals surface area contributed by atoms with Gasteiger partial charge in [0.25, 0.3) is 5.91 Å². The SMILES string of the molecule is CC(C)CNC(=O)COC(=O)[C@H](NC(=O)Nc1ccccc1)C(C)C. The smallest absolute Gasteiger partial charge is 0.329 e. The number of hydrogen-bond donors (Lipinski definition) is 3. The minimum absolute atomic E-state index is 0.187. The van der Waals surface area contributed by atoms with Crippen molar-refractivity contribution in [3.8, 4) is 0 Å². The highest BCUT2D eigenvalue weighted by molar-refractivity contribution is 5.93. The summed E-state index contributed by atoms with van der Waals surface area (Å²) < 4.78 is 5.02. The van der Waals surface area contributed by atoms with E-state index in [1.54, 1.807) is 38.1 Å². The van der Waals surface area contributed by atoms with E-state index in [1.165, 1.54) is 0 Å². The molecular weight excluding hydrogens is 322 g/mol. The van der Waals surface area contributed by atoms with Gasteiger partial charge in [-0.15, -0.1) is 0 Å². The molecule has 1 rings (SSSR count). The van der Waals surface area contributed by atoms with E-state index in [0.29, 0.717) is 18.2 Å². The Hall–Kier alpha value is -2.57. The van der Waals surface area contributed by atoms with Crippen LogP contribution < -0.4 is 16.0 Å². The van der Waals surface area contributed by atoms with Crippen molar-refractivity contribution >= 4 is 23.6 Å². The quantitative estimate of drug-likeness (QED) is 0.627. The minimum Gasteiger partial charge on any atom is -0.454 e. The monoisotopic (exact) mass is 349 g/mol. The number of ether oxygens (including phenoxy) is 1. The molecule has 0 fully saturated rings. The van der Waals surface area contributed by atoms with Crippen LogP contribution in [-0.2, 0) is 14.3 Å². The number of rotatable bonds is 8. The summed E-state index contributed by atoms with van der Waals surface area (Å²) in [7, 11) is 0. The van der Waals surface area contributed by atoms with Gasteiger partial charge in [0, 0.05) is 12.2 Å². The normalized spacial score (nSPS) is 11.8. The maximum Gasteiger partial charge on any atom is 0.329 e. The third-order valence-corrected chi connectivity index (χ3v) is 3.29. The molecule has 0 aromatic heterocycles. The van der Waals surface area contributed by atoms with E-state index in [0.717, 1.165) is 0 Å². The molecule has 0 spiro atoms. The van der Waals surface area contributed by atoms with Gasteiger partial charge < -0.3 is 20.7 Å². The molecule has 7 heteroatoms. The second-order valence-corrected chi connectivity index (χ2v) is 6.49. The van der Waals surface area contributed by atoms with Gasteiger partial charge in [-0.1, -0.05) is 45.9 Å². The Morgan fingerprint density at radius 2 is 1.68 bits per heavy atom. The summed E-state index contributed by atoms with van der Waals surface area (Å²) in [5, 5.41) is 7.89. The van der Waals surface area contributed by atoms with Crippen molar-refractivity contribution in [2.24, 2.45) is 11.8 Å². The topological polar surface area (TPSA) is 96.5 Å². The van der Waals surface area contributed by atoms with Crippen LogP contribution in [0.3, 0.4) is 0 Å². The molecule has 138 valence electrons. The number of esters is 1. The highest BCUT2D eigenvalue weighted by Gasteiger charge is 2.26. The first kappa shape index (κ1) is 20.5. The van der Waals surface area contributed by atoms with Crippen molar-refractivity contribution in [1.29, 1.82) is 0 Å². The molecule has 0 saturated heterocycles. The predicted molar refractivity (Wildman–Crippen MR) is 96.0 cm³/mol. The third kappa shape index (κ3) is 8.19. The zero-order chi connectivity index (χ0) is 18.8. The van der Waals surface area contributed by atoms with E-state index in [1.807, 2.05) is 19.9 Å². The van der Waals surface area contributed by atoms with E-state index in [4.69, 9.17) is 4.74 Å². The van der Waals surface area contributed by atoms with Gasteiger partial charge in [0.15, 0.2) is 6.61 Å². The van der Waals surface area contributed by atoms with Gasteiger partial charge >= 0.3 is 12.0 Å². The molecular formula is C18H27N3O4. The van der Waals surface area contributed by atoms with Crippen molar-refractivity contribution in [2.75, 3.05) is 18.5 Å². The van der Waals surface area contributed by atoms with Gasteiger partial charge in [-0.3, -0.25) is 4.79 Å². The Morgan fingerprint density at radius 1 is 1.04 bits per heavy atom. The molecule has 1 atom stereocenters. The number of hydrogen-bond acceptors (Lipinski definition) is 4. The van der Waals surface area contributed by atoms with Crippen LogP contribution in [-0.4, -0.2) is 37.1 Å². The number of anilines is 1. The maximum atomic E-state index is 12.2. The van der Waals surface area contributed by atoms with Crippen LogP contribution in [0.2, 0.25) is 0 Å². The molecule has 7 nitrogen and oxygen atoms in total. The van der Waals surface area contributed by atoms with E-state index in [-0.39, 0.29) is 18.4 Å². The molecule has 0 aliphatic carbocycles. The van der Waals surface area contributed by atoms with Gasteiger partial charge in [-0.25, -0.2) is 9.59 Å². The Bertz CT molecular complexity index is 573. The molecule has 3 amide bonds. The summed E-state index contributed by atoms with van der Waals surface area (Å²) in [5.41, 5.74) is 0.615. The van der Waals surface area contributed by atoms with E-state index < -0.39 is 18.0 Å². The second-order valence-electron chi connectivity index (χ2n) is 6.49. The summed E-state index contributed by atoms with van der Waals surface area (Å²) in [6.07, 6.45) is 0. The average Bonchev–Trinajstić information content (AvgIpc) is 2.56. The number of amides is 3. The zero-order valence-corrected chi connectivity index (χ0v) is 15.2. The molecule has 0 radical (unpaired) electrons. The summed E-state index contributed by atoms with van der Waals surface area (Å²) in [6.45, 7) is 7.66. The molecule has 0 bridgehead atoms. The van der Waals surface area contributed by atoms with Gasteiger partial charge in [0.1, 0.15) is 6.04 Å². The molecule has 1 aromatic carbocycles. The van der Waals surface area contributed by atoms with Crippen LogP contribution in [0.1, 0.15) is 27.7 Å². The molecule has 0 aliphatic heterocycles. The predicted octanol–water partition coefficient (Wildman–Crippen LogP) is 2.15. The summed E-state index contributed by atoms with van der Waals surface area (Å²) in [4.78, 5) is 35.8. The Labute approximate surface area is 148 Å². The van der Waals surface area contributed by atoms with E-state index >= 15 is 0 Å². The van der Waals surface area contributed by atoms with E-state index in [2.05, 4.69) is 16.0 Å². The molecule has 25 heavy (non-hydrogen) atoms. The lowest BCUT2D eigenvalue weighted by Gasteiger charge is -2.21. The number of nitrogens with one attached hydrogen (secondary N) is 3. The average molecular weight is 349 g/mol. The molecule has 1 aromatic rings. The van der Waals surface area contributed by atoms with Crippen LogP contribution in [0, 0.1) is 11.8 Å². The molecule has 0 saturated carbocycles. The van der Waals surface area contributed by atoms with Gasteiger partial charge in [-0.05, 0) is 24.0 Å². The maximum absolute atomic E-state index is 12.2. The number of carbonyl (C=O) groups excluding carboxylic acids is 3. The largest absolute Gasteiger partial charge is 0.454 e. The Morgan fingerprint density at radius 3 is 2.24 bits per heavy atom. The Balaban J connectivity index is 2.50. The number of benzene rings is 1. The van der Waals surface area contributed by atoms with Gasteiger partial charge in [-0.2, -0.15) is 0 Å². The second kappa shape index (κ2) is 10.3. The molecule has 3 N–H and O–H groups in total. The fourth-order valence-electron chi connectivity index (χ4n) is 1.92. The number of urea groups is 1. The zero-order valence-electron chi connectivity index (χ0n) is 15.2. The Kier molecular flexibility index (Phi) is 8.46. The van der Waals surface area contributed by atoms with Gasteiger partial charge in [0.2, 0.25) is 0 Å². The lowest BCUT2D eigenvalue weighted by molar-refractivity contribution is -0.151. The first-order valence-corrected chi connectivity index (χ1v) is 8.35. The first-order valence-electron chi connectivity index (χ1n) is 8.35. The molecule has 0 heterocycles. The van der Waals surface area contributed by atoms with Crippen molar-refractivity contribution in [3.63, 3.8) is 0 Å². The molecule has 0 aliphatic rings. The van der Waals surface area contributed by atoms with Crippen LogP contribution >= 0.6 is 0 Å². The highest BCUT2D eigenvalue weighted by Crippen LogP contribution is 2.07. The van der Waals surface area contributed by atoms with Crippen molar-refractivity contribution in [2.45, 2.75) is 33.7 Å². The van der Waals surface area contributed by atoms with Crippen LogP contribution in [0.4, 0.5) is 10.5 Å². The van der Waals surface area contributed by atoms with E-state index in [9.17, 15) is 14.4 Å². The van der Waals surface area contributed by atoms with Crippen molar-refractivity contribution in [3.05, 3.63) is 30.3 Å². The highest BCUT2D eigenvalue weighted by atomic mass is 16.5. The van der Waals surface area contributed by atoms with Crippen molar-refractivity contribution < 1.29 is 19.1 Å². The first-order chi connectivity index (χ1) is 11.8. The third-order valence-electron chi connectivity index (χ3n) is 3.29. The fourth-order valence-corrected chi connectivity index (χ4v) is 1.92.